The molecule has 104 valence electrons. The molecule has 0 saturated heterocycles. The molecule has 2 aromatic rings. The van der Waals surface area contributed by atoms with E-state index < -0.39 is 5.95 Å². The zero-order chi connectivity index (χ0) is 14.1. The summed E-state index contributed by atoms with van der Waals surface area (Å²) in [4.78, 5) is 3.61. The number of nitrogens with zero attached hydrogens (tertiary/aromatic N) is 1. The van der Waals surface area contributed by atoms with Gasteiger partial charge in [-0.25, -0.2) is 4.98 Å². The maximum atomic E-state index is 13.5. The number of halogens is 2. The molecular weight excluding hydrogens is 323 g/mol. The van der Waals surface area contributed by atoms with Crippen LogP contribution >= 0.6 is 15.9 Å². The molecule has 0 bridgehead atoms. The molecule has 1 aliphatic rings. The molecule has 2 N–H and O–H groups in total. The topological polar surface area (TPSA) is 48.1 Å². The Hall–Kier alpha value is -1.46. The van der Waals surface area contributed by atoms with Crippen LogP contribution in [-0.2, 0) is 6.61 Å². The molecule has 0 radical (unpaired) electrons. The monoisotopic (exact) mass is 336 g/mol. The molecule has 3 nitrogen and oxygen atoms in total. The predicted octanol–water partition coefficient (Wildman–Crippen LogP) is 3.38. The van der Waals surface area contributed by atoms with Crippen molar-refractivity contribution in [3.63, 3.8) is 0 Å². The first-order valence-corrected chi connectivity index (χ1v) is 7.21. The molecule has 5 heteroatoms. The molecule has 3 rings (SSSR count). The molecule has 1 aromatic carbocycles. The van der Waals surface area contributed by atoms with Crippen molar-refractivity contribution >= 4 is 15.9 Å². The van der Waals surface area contributed by atoms with Crippen LogP contribution in [0.4, 0.5) is 4.39 Å². The Balaban J connectivity index is 1.79. The number of benzene rings is 1. The summed E-state index contributed by atoms with van der Waals surface area (Å²) in [6.07, 6.45) is 2.39. The fourth-order valence-electron chi connectivity index (χ4n) is 2.20. The van der Waals surface area contributed by atoms with E-state index in [1.807, 2.05) is 18.2 Å². The Morgan fingerprint density at radius 2 is 2.20 bits per heavy atom. The van der Waals surface area contributed by atoms with Crippen LogP contribution in [0.3, 0.4) is 0 Å². The first-order chi connectivity index (χ1) is 9.65. The third-order valence-electron chi connectivity index (χ3n) is 3.43. The summed E-state index contributed by atoms with van der Waals surface area (Å²) in [6, 6.07) is 9.38. The predicted molar refractivity (Wildman–Crippen MR) is 78.0 cm³/mol. The van der Waals surface area contributed by atoms with Gasteiger partial charge in [0.05, 0.1) is 0 Å². The van der Waals surface area contributed by atoms with E-state index in [4.69, 9.17) is 10.5 Å². The highest BCUT2D eigenvalue weighted by atomic mass is 79.9. The van der Waals surface area contributed by atoms with Gasteiger partial charge in [-0.2, -0.15) is 4.39 Å². The minimum Gasteiger partial charge on any atom is -0.488 e. The average molecular weight is 337 g/mol. The Kier molecular flexibility index (Phi) is 3.72. The van der Waals surface area contributed by atoms with Gasteiger partial charge < -0.3 is 10.5 Å². The first-order valence-electron chi connectivity index (χ1n) is 6.42. The third-order valence-corrected chi connectivity index (χ3v) is 3.92. The van der Waals surface area contributed by atoms with Crippen LogP contribution in [0.25, 0.3) is 0 Å². The van der Waals surface area contributed by atoms with E-state index in [-0.39, 0.29) is 12.6 Å². The number of nitrogens with two attached hydrogens (primary N) is 1. The lowest BCUT2D eigenvalue weighted by atomic mass is 10.1. The van der Waals surface area contributed by atoms with Crippen LogP contribution in [0.2, 0.25) is 0 Å². The maximum absolute atomic E-state index is 13.5. The minimum absolute atomic E-state index is 0.163. The van der Waals surface area contributed by atoms with Gasteiger partial charge in [-0.15, -0.1) is 0 Å². The number of pyridine rings is 1. The molecular formula is C15H14BrFN2O. The van der Waals surface area contributed by atoms with E-state index in [9.17, 15) is 4.39 Å². The fraction of sp³-hybridized carbons (Fsp3) is 0.267. The summed E-state index contributed by atoms with van der Waals surface area (Å²) in [5.41, 5.74) is 7.43. The van der Waals surface area contributed by atoms with Gasteiger partial charge in [-0.3, -0.25) is 0 Å². The average Bonchev–Trinajstić information content (AvgIpc) is 3.16. The maximum Gasteiger partial charge on any atom is 0.219 e. The van der Waals surface area contributed by atoms with Crippen molar-refractivity contribution in [2.24, 2.45) is 5.73 Å². The lowest BCUT2D eigenvalue weighted by molar-refractivity contribution is 0.294. The number of ether oxygens (including phenoxy) is 1. The van der Waals surface area contributed by atoms with Gasteiger partial charge in [0.1, 0.15) is 12.4 Å². The van der Waals surface area contributed by atoms with E-state index in [0.717, 1.165) is 22.2 Å². The van der Waals surface area contributed by atoms with Crippen LogP contribution in [-0.4, -0.2) is 11.0 Å². The molecule has 1 aromatic heterocycles. The highest BCUT2D eigenvalue weighted by Gasteiger charge is 2.37. The first kappa shape index (κ1) is 13.5. The van der Waals surface area contributed by atoms with Crippen molar-refractivity contribution < 1.29 is 9.13 Å². The molecule has 0 spiro atoms. The Labute approximate surface area is 125 Å². The van der Waals surface area contributed by atoms with Crippen LogP contribution in [0.1, 0.15) is 23.5 Å². The summed E-state index contributed by atoms with van der Waals surface area (Å²) < 4.78 is 20.2. The summed E-state index contributed by atoms with van der Waals surface area (Å²) in [6.45, 7) is 0.163. The second-order valence-electron chi connectivity index (χ2n) is 4.93. The second kappa shape index (κ2) is 5.50. The number of rotatable bonds is 4. The molecule has 0 unspecified atom stereocenters. The smallest absolute Gasteiger partial charge is 0.219 e. The van der Waals surface area contributed by atoms with Gasteiger partial charge in [0.2, 0.25) is 5.95 Å². The van der Waals surface area contributed by atoms with E-state index in [1.54, 1.807) is 12.1 Å². The van der Waals surface area contributed by atoms with Crippen molar-refractivity contribution in [3.05, 3.63) is 58.1 Å². The van der Waals surface area contributed by atoms with Crippen molar-refractivity contribution in [1.29, 1.82) is 0 Å². The molecule has 1 saturated carbocycles. The SMILES string of the molecule is N[C@@H]1C[C@H]1c1cc(Br)ccc1OCc1cccnc1F. The van der Waals surface area contributed by atoms with Crippen molar-refractivity contribution in [3.8, 4) is 5.75 Å². The van der Waals surface area contributed by atoms with Crippen molar-refractivity contribution in [1.82, 2.24) is 4.98 Å². The standard InChI is InChI=1S/C15H14BrFN2O/c16-10-3-4-14(12(6-10)11-7-13(11)18)20-8-9-2-1-5-19-15(9)17/h1-6,11,13H,7-8,18H2/t11-,13+/m0/s1. The fourth-order valence-corrected chi connectivity index (χ4v) is 2.57. The van der Waals surface area contributed by atoms with Crippen molar-refractivity contribution in [2.75, 3.05) is 0 Å². The molecule has 0 aliphatic heterocycles. The summed E-state index contributed by atoms with van der Waals surface area (Å²) in [5, 5.41) is 0. The van der Waals surface area contributed by atoms with Crippen LogP contribution in [0.15, 0.2) is 41.0 Å². The lowest BCUT2D eigenvalue weighted by Gasteiger charge is -2.12. The van der Waals surface area contributed by atoms with Crippen LogP contribution < -0.4 is 10.5 Å². The normalized spacial score (nSPS) is 20.8. The number of hydrogen-bond donors (Lipinski definition) is 1. The summed E-state index contributed by atoms with van der Waals surface area (Å²) >= 11 is 3.45. The zero-order valence-electron chi connectivity index (χ0n) is 10.7. The number of hydrogen-bond acceptors (Lipinski definition) is 3. The molecule has 2 atom stereocenters. The van der Waals surface area contributed by atoms with Gasteiger partial charge in [-0.05, 0) is 42.3 Å². The minimum atomic E-state index is -0.491. The second-order valence-corrected chi connectivity index (χ2v) is 5.85. The van der Waals surface area contributed by atoms with Gasteiger partial charge in [0, 0.05) is 28.2 Å². The van der Waals surface area contributed by atoms with Gasteiger partial charge in [-0.1, -0.05) is 15.9 Å². The van der Waals surface area contributed by atoms with Crippen LogP contribution in [0, 0.1) is 5.95 Å². The van der Waals surface area contributed by atoms with Crippen LogP contribution in [0.5, 0.6) is 5.75 Å². The zero-order valence-corrected chi connectivity index (χ0v) is 12.3. The highest BCUT2D eigenvalue weighted by Crippen LogP contribution is 2.44. The van der Waals surface area contributed by atoms with E-state index in [0.29, 0.717) is 11.5 Å². The Bertz CT molecular complexity index is 635. The molecule has 1 aliphatic carbocycles. The van der Waals surface area contributed by atoms with Gasteiger partial charge >= 0.3 is 0 Å². The molecule has 0 amide bonds. The Morgan fingerprint density at radius 3 is 2.90 bits per heavy atom. The van der Waals surface area contributed by atoms with E-state index in [1.165, 1.54) is 6.20 Å². The number of aromatic nitrogens is 1. The molecule has 20 heavy (non-hydrogen) atoms. The largest absolute Gasteiger partial charge is 0.488 e. The Morgan fingerprint density at radius 1 is 1.40 bits per heavy atom. The highest BCUT2D eigenvalue weighted by molar-refractivity contribution is 9.10. The van der Waals surface area contributed by atoms with Crippen molar-refractivity contribution in [2.45, 2.75) is 25.0 Å². The van der Waals surface area contributed by atoms with Gasteiger partial charge in [0.25, 0.3) is 0 Å². The van der Waals surface area contributed by atoms with E-state index in [2.05, 4.69) is 20.9 Å². The molecule has 1 heterocycles. The van der Waals surface area contributed by atoms with E-state index >= 15 is 0 Å². The third kappa shape index (κ3) is 2.83. The quantitative estimate of drug-likeness (QED) is 0.870. The van der Waals surface area contributed by atoms with Gasteiger partial charge in [0.15, 0.2) is 0 Å². The molecule has 1 fully saturated rings. The summed E-state index contributed by atoms with van der Waals surface area (Å²) in [5.74, 6) is 0.602. The lowest BCUT2D eigenvalue weighted by Crippen LogP contribution is -2.04. The summed E-state index contributed by atoms with van der Waals surface area (Å²) in [7, 11) is 0.